The van der Waals surface area contributed by atoms with E-state index >= 15 is 0 Å². The molecule has 0 saturated heterocycles. The van der Waals surface area contributed by atoms with E-state index in [9.17, 15) is 5.11 Å². The maximum absolute atomic E-state index is 9.74. The van der Waals surface area contributed by atoms with Gasteiger partial charge in [0.15, 0.2) is 6.10 Å². The van der Waals surface area contributed by atoms with E-state index in [0.29, 0.717) is 17.9 Å². The number of benzene rings is 1. The van der Waals surface area contributed by atoms with Gasteiger partial charge in [0.05, 0.1) is 13.7 Å². The number of aliphatic hydroxyl groups excluding tert-OH is 1. The van der Waals surface area contributed by atoms with Crippen molar-refractivity contribution >= 4 is 5.90 Å². The minimum Gasteiger partial charge on any atom is -0.497 e. The Hall–Kier alpha value is -1.55. The van der Waals surface area contributed by atoms with Gasteiger partial charge in [-0.3, -0.25) is 5.41 Å². The fourth-order valence-electron chi connectivity index (χ4n) is 1.20. The molecule has 2 N–H and O–H groups in total. The van der Waals surface area contributed by atoms with E-state index in [2.05, 4.69) is 0 Å². The lowest BCUT2D eigenvalue weighted by atomic mass is 10.1. The van der Waals surface area contributed by atoms with Crippen LogP contribution in [0.25, 0.3) is 0 Å². The Kier molecular flexibility index (Phi) is 4.12. The van der Waals surface area contributed by atoms with E-state index in [0.717, 1.165) is 0 Å². The van der Waals surface area contributed by atoms with Gasteiger partial charge in [-0.1, -0.05) is 12.1 Å². The van der Waals surface area contributed by atoms with Crippen molar-refractivity contribution < 1.29 is 14.6 Å². The van der Waals surface area contributed by atoms with Gasteiger partial charge in [0, 0.05) is 0 Å². The number of rotatable bonds is 4. The molecule has 0 amide bonds. The van der Waals surface area contributed by atoms with E-state index < -0.39 is 6.10 Å². The van der Waals surface area contributed by atoms with Crippen molar-refractivity contribution in [2.75, 3.05) is 13.7 Å². The highest BCUT2D eigenvalue weighted by Gasteiger charge is 2.14. The number of hydrogen-bond donors (Lipinski definition) is 2. The topological polar surface area (TPSA) is 62.5 Å². The summed E-state index contributed by atoms with van der Waals surface area (Å²) in [5.74, 6) is 0.501. The van der Waals surface area contributed by atoms with Crippen molar-refractivity contribution in [2.45, 2.75) is 13.0 Å². The largest absolute Gasteiger partial charge is 0.497 e. The summed E-state index contributed by atoms with van der Waals surface area (Å²) in [5, 5.41) is 17.2. The third-order valence-electron chi connectivity index (χ3n) is 1.96. The van der Waals surface area contributed by atoms with Crippen LogP contribution in [0.15, 0.2) is 24.3 Å². The van der Waals surface area contributed by atoms with Crippen LogP contribution in [-0.4, -0.2) is 24.7 Å². The first-order chi connectivity index (χ1) is 7.19. The summed E-state index contributed by atoms with van der Waals surface area (Å²) >= 11 is 0. The maximum atomic E-state index is 9.74. The van der Waals surface area contributed by atoms with Gasteiger partial charge in [-0.2, -0.15) is 0 Å². The molecule has 4 heteroatoms. The fourth-order valence-corrected chi connectivity index (χ4v) is 1.20. The van der Waals surface area contributed by atoms with Gasteiger partial charge >= 0.3 is 0 Å². The van der Waals surface area contributed by atoms with Gasteiger partial charge in [-0.05, 0) is 24.6 Å². The van der Waals surface area contributed by atoms with Crippen LogP contribution < -0.4 is 4.74 Å². The first kappa shape index (κ1) is 11.5. The molecule has 0 aliphatic heterocycles. The van der Waals surface area contributed by atoms with Crippen molar-refractivity contribution in [1.29, 1.82) is 5.41 Å². The second kappa shape index (κ2) is 5.36. The van der Waals surface area contributed by atoms with Crippen LogP contribution in [0.3, 0.4) is 0 Å². The molecule has 0 aliphatic carbocycles. The number of methoxy groups -OCH3 is 1. The second-order valence-corrected chi connectivity index (χ2v) is 2.98. The summed E-state index contributed by atoms with van der Waals surface area (Å²) in [6.45, 7) is 2.15. The lowest BCUT2D eigenvalue weighted by Gasteiger charge is -2.13. The van der Waals surface area contributed by atoms with Crippen LogP contribution in [0.5, 0.6) is 5.75 Å². The van der Waals surface area contributed by atoms with Gasteiger partial charge in [0.25, 0.3) is 0 Å². The molecule has 0 radical (unpaired) electrons. The Morgan fingerprint density at radius 3 is 2.87 bits per heavy atom. The molecular formula is C11H15NO3. The van der Waals surface area contributed by atoms with Gasteiger partial charge in [0.1, 0.15) is 5.75 Å². The average molecular weight is 209 g/mol. The molecule has 0 heterocycles. The molecule has 82 valence electrons. The highest BCUT2D eigenvalue weighted by Crippen LogP contribution is 2.19. The van der Waals surface area contributed by atoms with Crippen LogP contribution in [0, 0.1) is 5.41 Å². The normalized spacial score (nSPS) is 11.9. The molecule has 0 bridgehead atoms. The lowest BCUT2D eigenvalue weighted by molar-refractivity contribution is 0.190. The molecule has 0 unspecified atom stereocenters. The molecule has 1 aromatic rings. The molecule has 0 fully saturated rings. The van der Waals surface area contributed by atoms with Crippen molar-refractivity contribution in [3.05, 3.63) is 29.8 Å². The highest BCUT2D eigenvalue weighted by atomic mass is 16.5. The van der Waals surface area contributed by atoms with E-state index in [-0.39, 0.29) is 5.90 Å². The minimum atomic E-state index is -1.03. The SMILES string of the molecule is CCOC(=N)[C@@H](O)c1cccc(OC)c1. The summed E-state index contributed by atoms with van der Waals surface area (Å²) in [5.41, 5.74) is 0.591. The number of hydrogen-bond acceptors (Lipinski definition) is 4. The van der Waals surface area contributed by atoms with E-state index in [1.54, 1.807) is 38.3 Å². The van der Waals surface area contributed by atoms with Crippen molar-refractivity contribution in [2.24, 2.45) is 0 Å². The second-order valence-electron chi connectivity index (χ2n) is 2.98. The van der Waals surface area contributed by atoms with Crippen LogP contribution in [0.1, 0.15) is 18.6 Å². The molecule has 0 aromatic heterocycles. The summed E-state index contributed by atoms with van der Waals surface area (Å²) in [6, 6.07) is 6.94. The summed E-state index contributed by atoms with van der Waals surface area (Å²) in [6.07, 6.45) is -1.03. The molecule has 0 aliphatic rings. The zero-order chi connectivity index (χ0) is 11.3. The number of ether oxygens (including phenoxy) is 2. The Morgan fingerprint density at radius 1 is 1.53 bits per heavy atom. The lowest BCUT2D eigenvalue weighted by Crippen LogP contribution is -2.14. The fraction of sp³-hybridized carbons (Fsp3) is 0.364. The standard InChI is InChI=1S/C11H15NO3/c1-3-15-11(12)10(13)8-5-4-6-9(7-8)14-2/h4-7,10,12-13H,3H2,1-2H3/t10-/m0/s1. The zero-order valence-corrected chi connectivity index (χ0v) is 8.86. The monoisotopic (exact) mass is 209 g/mol. The summed E-state index contributed by atoms with van der Waals surface area (Å²) in [4.78, 5) is 0. The van der Waals surface area contributed by atoms with Gasteiger partial charge < -0.3 is 14.6 Å². The molecule has 4 nitrogen and oxygen atoms in total. The Bertz CT molecular complexity index is 338. The molecule has 15 heavy (non-hydrogen) atoms. The summed E-state index contributed by atoms with van der Waals surface area (Å²) < 4.78 is 9.95. The van der Waals surface area contributed by atoms with E-state index in [1.807, 2.05) is 0 Å². The third kappa shape index (κ3) is 2.95. The van der Waals surface area contributed by atoms with Gasteiger partial charge in [0.2, 0.25) is 5.90 Å². The highest BCUT2D eigenvalue weighted by molar-refractivity contribution is 5.79. The molecule has 0 saturated carbocycles. The van der Waals surface area contributed by atoms with Crippen LogP contribution in [0.4, 0.5) is 0 Å². The molecule has 1 rings (SSSR count). The van der Waals surface area contributed by atoms with Crippen molar-refractivity contribution in [1.82, 2.24) is 0 Å². The van der Waals surface area contributed by atoms with Gasteiger partial charge in [-0.25, -0.2) is 0 Å². The smallest absolute Gasteiger partial charge is 0.214 e. The van der Waals surface area contributed by atoms with Crippen LogP contribution >= 0.6 is 0 Å². The maximum Gasteiger partial charge on any atom is 0.214 e. The van der Waals surface area contributed by atoms with Crippen LogP contribution in [-0.2, 0) is 4.74 Å². The predicted octanol–water partition coefficient (Wildman–Crippen LogP) is 1.74. The molecular weight excluding hydrogens is 194 g/mol. The van der Waals surface area contributed by atoms with Gasteiger partial charge in [-0.15, -0.1) is 0 Å². The third-order valence-corrected chi connectivity index (χ3v) is 1.96. The number of aliphatic hydroxyl groups is 1. The predicted molar refractivity (Wildman–Crippen MR) is 57.3 cm³/mol. The molecule has 1 aromatic carbocycles. The first-order valence-electron chi connectivity index (χ1n) is 4.72. The molecule has 0 spiro atoms. The zero-order valence-electron chi connectivity index (χ0n) is 8.86. The number of nitrogens with one attached hydrogen (secondary N) is 1. The molecule has 1 atom stereocenters. The van der Waals surface area contributed by atoms with E-state index in [4.69, 9.17) is 14.9 Å². The first-order valence-corrected chi connectivity index (χ1v) is 4.72. The average Bonchev–Trinajstić information content (AvgIpc) is 2.28. The Labute approximate surface area is 89.0 Å². The Balaban J connectivity index is 2.81. The Morgan fingerprint density at radius 2 is 2.27 bits per heavy atom. The summed E-state index contributed by atoms with van der Waals surface area (Å²) in [7, 11) is 1.55. The van der Waals surface area contributed by atoms with Crippen LogP contribution in [0.2, 0.25) is 0 Å². The van der Waals surface area contributed by atoms with Crippen molar-refractivity contribution in [3.63, 3.8) is 0 Å². The van der Waals surface area contributed by atoms with E-state index in [1.165, 1.54) is 0 Å². The minimum absolute atomic E-state index is 0.147. The quantitative estimate of drug-likeness (QED) is 0.586. The van der Waals surface area contributed by atoms with Crippen molar-refractivity contribution in [3.8, 4) is 5.75 Å².